The predicted octanol–water partition coefficient (Wildman–Crippen LogP) is 2.91. The van der Waals surface area contributed by atoms with E-state index in [1.807, 2.05) is 54.6 Å². The van der Waals surface area contributed by atoms with Gasteiger partial charge < -0.3 is 27.8 Å². The van der Waals surface area contributed by atoms with Crippen LogP contribution in [-0.2, 0) is 4.79 Å². The average Bonchev–Trinajstić information content (AvgIpc) is 2.93. The minimum absolute atomic E-state index is 0.0772. The van der Waals surface area contributed by atoms with E-state index in [1.165, 1.54) is 12.3 Å². The van der Waals surface area contributed by atoms with Crippen molar-refractivity contribution in [2.45, 2.75) is 37.5 Å². The lowest BCUT2D eigenvalue weighted by atomic mass is 9.85. The number of pyridine rings is 1. The summed E-state index contributed by atoms with van der Waals surface area (Å²) < 4.78 is 1.60. The van der Waals surface area contributed by atoms with Crippen LogP contribution >= 0.6 is 9.24 Å². The normalized spacial score (nSPS) is 18.8. The molecule has 0 saturated heterocycles. The van der Waals surface area contributed by atoms with E-state index in [0.29, 0.717) is 18.0 Å². The fraction of sp³-hybridized carbons (Fsp3) is 0.276. The summed E-state index contributed by atoms with van der Waals surface area (Å²) in [6.07, 6.45) is 7.50. The van der Waals surface area contributed by atoms with Crippen LogP contribution in [0.5, 0.6) is 0 Å². The highest BCUT2D eigenvalue weighted by Crippen LogP contribution is 2.27. The topological polar surface area (TPSA) is 154 Å². The van der Waals surface area contributed by atoms with Crippen LogP contribution in [-0.4, -0.2) is 34.8 Å². The lowest BCUT2D eigenvalue weighted by Crippen LogP contribution is -2.36. The fourth-order valence-corrected chi connectivity index (χ4v) is 5.29. The van der Waals surface area contributed by atoms with Crippen molar-refractivity contribution in [2.24, 2.45) is 28.1 Å². The predicted molar refractivity (Wildman–Crippen MR) is 161 cm³/mol. The maximum atomic E-state index is 12.3. The van der Waals surface area contributed by atoms with Gasteiger partial charge in [-0.05, 0) is 66.8 Å². The second-order valence-corrected chi connectivity index (χ2v) is 10.3. The first-order valence-electron chi connectivity index (χ1n) is 13.1. The number of anilines is 1. The van der Waals surface area contributed by atoms with Crippen LogP contribution in [0.2, 0.25) is 0 Å². The Kier molecular flexibility index (Phi) is 9.52. The molecule has 1 aromatic heterocycles. The minimum atomic E-state index is -0.586. The molecule has 204 valence electrons. The number of guanidine groups is 1. The molecule has 0 aliphatic heterocycles. The Hall–Kier alpha value is -3.94. The van der Waals surface area contributed by atoms with Crippen LogP contribution in [0.25, 0.3) is 16.8 Å². The maximum Gasteiger partial charge on any atom is 0.255 e. The molecule has 0 bridgehead atoms. The number of aromatic nitrogens is 1. The summed E-state index contributed by atoms with van der Waals surface area (Å²) >= 11 is 0. The van der Waals surface area contributed by atoms with Gasteiger partial charge in [0.05, 0.1) is 17.4 Å². The first-order valence-corrected chi connectivity index (χ1v) is 13.7. The number of primary amides is 1. The molecule has 8 N–H and O–H groups in total. The number of carbonyl (C=O) groups is 1. The van der Waals surface area contributed by atoms with Gasteiger partial charge in [-0.3, -0.25) is 14.2 Å². The van der Waals surface area contributed by atoms with Gasteiger partial charge in [-0.25, -0.2) is 4.99 Å². The monoisotopic (exact) mass is 545 g/mol. The van der Waals surface area contributed by atoms with E-state index in [9.17, 15) is 9.59 Å². The van der Waals surface area contributed by atoms with E-state index in [4.69, 9.17) is 17.2 Å². The number of aliphatic imine (C=N–C) groups is 1. The van der Waals surface area contributed by atoms with Gasteiger partial charge in [0.1, 0.15) is 0 Å². The summed E-state index contributed by atoms with van der Waals surface area (Å²) in [7, 11) is 2.60. The quantitative estimate of drug-likeness (QED) is 0.121. The number of hydrogen-bond acceptors (Lipinski definition) is 5. The van der Waals surface area contributed by atoms with Crippen LogP contribution in [0.15, 0.2) is 94.5 Å². The summed E-state index contributed by atoms with van der Waals surface area (Å²) in [4.78, 5) is 29.1. The molecule has 1 fully saturated rings. The largest absolute Gasteiger partial charge is 0.375 e. The molecular weight excluding hydrogens is 509 g/mol. The number of carbonyl (C=O) groups excluding carboxylic acids is 1. The molecule has 2 unspecified atom stereocenters. The van der Waals surface area contributed by atoms with E-state index in [2.05, 4.69) is 24.9 Å². The van der Waals surface area contributed by atoms with E-state index in [-0.39, 0.29) is 17.6 Å². The Labute approximate surface area is 230 Å². The van der Waals surface area contributed by atoms with Crippen LogP contribution in [0, 0.1) is 5.92 Å². The third-order valence-corrected chi connectivity index (χ3v) is 7.46. The molecule has 39 heavy (non-hydrogen) atoms. The molecule has 1 heterocycles. The zero-order valence-electron chi connectivity index (χ0n) is 21.8. The van der Waals surface area contributed by atoms with Gasteiger partial charge >= 0.3 is 0 Å². The molecule has 3 aromatic rings. The van der Waals surface area contributed by atoms with Crippen molar-refractivity contribution in [3.05, 3.63) is 95.1 Å². The lowest BCUT2D eigenvalue weighted by molar-refractivity contribution is -0.114. The van der Waals surface area contributed by atoms with Gasteiger partial charge in [-0.15, -0.1) is 9.24 Å². The minimum Gasteiger partial charge on any atom is -0.375 e. The number of nitrogens with two attached hydrogens (primary N) is 3. The highest BCUT2D eigenvalue weighted by atomic mass is 31.0. The van der Waals surface area contributed by atoms with E-state index < -0.39 is 11.7 Å². The summed E-state index contributed by atoms with van der Waals surface area (Å²) in [5.74, 6) is -0.525. The maximum absolute atomic E-state index is 12.3. The molecule has 10 heteroatoms. The molecule has 4 atom stereocenters. The number of nitrogens with one attached hydrogen (secondary N) is 2. The third-order valence-electron chi connectivity index (χ3n) is 6.94. The molecule has 1 amide bonds. The molecule has 1 saturated carbocycles. The van der Waals surface area contributed by atoms with Crippen molar-refractivity contribution in [1.82, 2.24) is 9.88 Å². The highest BCUT2D eigenvalue weighted by molar-refractivity contribution is 7.18. The molecule has 0 spiro atoms. The van der Waals surface area contributed by atoms with Crippen LogP contribution in [0.4, 0.5) is 5.69 Å². The molecular formula is C29H36N7O2P. The van der Waals surface area contributed by atoms with Gasteiger partial charge in [-0.1, -0.05) is 43.2 Å². The van der Waals surface area contributed by atoms with Crippen LogP contribution < -0.4 is 33.4 Å². The Morgan fingerprint density at radius 2 is 1.79 bits per heavy atom. The van der Waals surface area contributed by atoms with E-state index in [0.717, 1.165) is 48.2 Å². The molecule has 2 aromatic carbocycles. The van der Waals surface area contributed by atoms with Crippen molar-refractivity contribution in [3.8, 4) is 16.8 Å². The Balaban J connectivity index is 1.49. The molecule has 1 aliphatic rings. The number of hydrogen-bond donors (Lipinski definition) is 5. The van der Waals surface area contributed by atoms with Gasteiger partial charge in [-0.2, -0.15) is 0 Å². The van der Waals surface area contributed by atoms with Crippen molar-refractivity contribution >= 4 is 26.8 Å². The second-order valence-electron chi connectivity index (χ2n) is 9.63. The Morgan fingerprint density at radius 1 is 1.05 bits per heavy atom. The van der Waals surface area contributed by atoms with Crippen molar-refractivity contribution in [1.29, 1.82) is 0 Å². The number of benzene rings is 2. The van der Waals surface area contributed by atoms with Crippen molar-refractivity contribution in [2.75, 3.05) is 11.9 Å². The molecule has 9 nitrogen and oxygen atoms in total. The van der Waals surface area contributed by atoms with Gasteiger partial charge in [0.25, 0.3) is 5.56 Å². The zero-order chi connectivity index (χ0) is 27.8. The third kappa shape index (κ3) is 7.34. The fourth-order valence-electron chi connectivity index (χ4n) is 4.84. The van der Waals surface area contributed by atoms with E-state index >= 15 is 0 Å². The van der Waals surface area contributed by atoms with Gasteiger partial charge in [0, 0.05) is 29.8 Å². The summed E-state index contributed by atoms with van der Waals surface area (Å²) in [5, 5.41) is 6.24. The molecule has 4 rings (SSSR count). The van der Waals surface area contributed by atoms with Crippen molar-refractivity contribution < 1.29 is 4.79 Å². The Morgan fingerprint density at radius 3 is 2.54 bits per heavy atom. The first-order chi connectivity index (χ1) is 18.9. The van der Waals surface area contributed by atoms with Crippen LogP contribution in [0.1, 0.15) is 25.7 Å². The number of nitrogens with zero attached hydrogens (tertiary/aromatic N) is 2. The van der Waals surface area contributed by atoms with Gasteiger partial charge in [0.15, 0.2) is 5.96 Å². The summed E-state index contributed by atoms with van der Waals surface area (Å²) in [6.45, 7) is 0.579. The smallest absolute Gasteiger partial charge is 0.255 e. The lowest BCUT2D eigenvalue weighted by Gasteiger charge is -2.27. The zero-order valence-corrected chi connectivity index (χ0v) is 22.9. The molecule has 1 aliphatic carbocycles. The summed E-state index contributed by atoms with van der Waals surface area (Å²) in [5.41, 5.74) is 21.4. The first kappa shape index (κ1) is 28.1. The van der Waals surface area contributed by atoms with Gasteiger partial charge in [0.2, 0.25) is 5.91 Å². The van der Waals surface area contributed by atoms with Crippen LogP contribution in [0.3, 0.4) is 0 Å². The summed E-state index contributed by atoms with van der Waals surface area (Å²) in [6, 6.07) is 20.7. The average molecular weight is 546 g/mol. The SMILES string of the molecule is NCC1CCCC[C@H]1N=C(N)N/C=C(/C(N)=O)[C@@H](P)Nc1cccc(-c2cccc(-n3ccccc3=O)c2)c1. The second kappa shape index (κ2) is 13.2. The van der Waals surface area contributed by atoms with E-state index in [1.54, 1.807) is 16.8 Å². The highest BCUT2D eigenvalue weighted by Gasteiger charge is 2.23. The number of amides is 1. The van der Waals surface area contributed by atoms with Crippen molar-refractivity contribution in [3.63, 3.8) is 0 Å². The Bertz CT molecular complexity index is 1420. The number of rotatable bonds is 9. The molecule has 0 radical (unpaired) electrons. The standard InChI is InChI=1S/C29H36N7O2P/c30-17-21-7-1-2-12-25(21)35-29(32)33-18-24(27(31)38)28(39)34-22-10-5-8-19(15-22)20-9-6-11-23(16-20)36-14-4-3-13-26(36)37/h3-6,8-11,13-16,18,21,25,28,34H,1-2,7,12,17,30,39H2,(H2,31,38)(H3,32,33,35)/b24-18-/t21?,25-,28-/m1/s1.